The smallest absolute Gasteiger partial charge is 0.436 e. The lowest BCUT2D eigenvalue weighted by molar-refractivity contribution is -0.673. The quantitative estimate of drug-likeness (QED) is 0.341. The van der Waals surface area contributed by atoms with Gasteiger partial charge in [0.05, 0.1) is 18.7 Å². The molecule has 27 heavy (non-hydrogen) atoms. The molecule has 0 aliphatic carbocycles. The highest BCUT2D eigenvalue weighted by molar-refractivity contribution is 5.91. The Balaban J connectivity index is 1.76. The molecular weight excluding hydrogens is 346 g/mol. The zero-order valence-electron chi connectivity index (χ0n) is 14.4. The van der Waals surface area contributed by atoms with E-state index >= 15 is 0 Å². The van der Waals surface area contributed by atoms with Crippen molar-refractivity contribution in [2.45, 2.75) is 0 Å². The number of aliphatic imine (C=N–C) groups is 1. The molecule has 0 aliphatic heterocycles. The molecule has 7 heteroatoms. The van der Waals surface area contributed by atoms with Crippen molar-refractivity contribution in [3.8, 4) is 11.4 Å². The first-order chi connectivity index (χ1) is 13.2. The number of aromatic nitrogens is 2. The number of hydrogen-bond donors (Lipinski definition) is 1. The molecule has 4 aromatic rings. The number of nitrogens with one attached hydrogen (secondary N) is 1. The number of benzene rings is 3. The van der Waals surface area contributed by atoms with Crippen molar-refractivity contribution in [3.05, 3.63) is 82.8 Å². The Hall–Kier alpha value is -3.87. The molecule has 1 N–H and O–H groups in total. The molecule has 0 amide bonds. The monoisotopic (exact) mass is 361 g/mol. The Bertz CT molecular complexity index is 1190. The lowest BCUT2D eigenvalue weighted by atomic mass is 10.1. The van der Waals surface area contributed by atoms with Crippen LogP contribution in [0.2, 0.25) is 0 Å². The predicted octanol–water partition coefficient (Wildman–Crippen LogP) is 1.84. The van der Waals surface area contributed by atoms with E-state index in [1.807, 2.05) is 30.3 Å². The van der Waals surface area contributed by atoms with E-state index in [0.717, 1.165) is 10.8 Å². The van der Waals surface area contributed by atoms with Crippen LogP contribution in [0.25, 0.3) is 16.5 Å². The van der Waals surface area contributed by atoms with Gasteiger partial charge >= 0.3 is 11.3 Å². The van der Waals surface area contributed by atoms with E-state index in [-0.39, 0.29) is 5.69 Å². The number of methoxy groups -OCH3 is 1. The minimum Gasteiger partial charge on any atom is -0.854 e. The Labute approximate surface area is 153 Å². The molecule has 4 rings (SSSR count). The van der Waals surface area contributed by atoms with Crippen LogP contribution < -0.4 is 20.2 Å². The second kappa shape index (κ2) is 6.80. The number of rotatable bonds is 4. The lowest BCUT2D eigenvalue weighted by Crippen LogP contribution is -2.44. The molecule has 0 atom stereocenters. The van der Waals surface area contributed by atoms with Crippen LogP contribution in [0.1, 0.15) is 5.69 Å². The molecule has 1 heterocycles. The number of aromatic amines is 1. The largest absolute Gasteiger partial charge is 0.854 e. The van der Waals surface area contributed by atoms with E-state index in [4.69, 9.17) is 9.26 Å². The van der Waals surface area contributed by atoms with Crippen LogP contribution >= 0.6 is 0 Å². The van der Waals surface area contributed by atoms with Crippen molar-refractivity contribution in [2.75, 3.05) is 7.11 Å². The van der Waals surface area contributed by atoms with E-state index < -0.39 is 11.5 Å². The fourth-order valence-corrected chi connectivity index (χ4v) is 2.78. The molecule has 0 spiro atoms. The summed E-state index contributed by atoms with van der Waals surface area (Å²) >= 11 is 0. The summed E-state index contributed by atoms with van der Waals surface area (Å²) in [6, 6.07) is 19.9. The highest BCUT2D eigenvalue weighted by Crippen LogP contribution is 2.21. The van der Waals surface area contributed by atoms with Crippen molar-refractivity contribution in [2.24, 2.45) is 4.99 Å². The topological polar surface area (TPSA) is 94.5 Å². The number of hydrogen-bond acceptors (Lipinski definition) is 5. The van der Waals surface area contributed by atoms with E-state index in [2.05, 4.69) is 10.3 Å². The van der Waals surface area contributed by atoms with Crippen LogP contribution in [-0.4, -0.2) is 18.3 Å². The normalized spacial score (nSPS) is 11.7. The molecule has 3 aromatic carbocycles. The van der Waals surface area contributed by atoms with E-state index in [0.29, 0.717) is 17.1 Å². The van der Waals surface area contributed by atoms with Crippen molar-refractivity contribution in [1.29, 1.82) is 0 Å². The maximum Gasteiger partial charge on any atom is 0.436 e. The van der Waals surface area contributed by atoms with Crippen LogP contribution in [0.5, 0.6) is 5.75 Å². The third-order valence-electron chi connectivity index (χ3n) is 4.14. The van der Waals surface area contributed by atoms with Gasteiger partial charge < -0.3 is 9.84 Å². The standard InChI is InChI=1S/C20H15N3O4/c1-26-17-10-8-16(9-11-17)23-18(20(25)27-22-23)19(24)21-15-7-6-13-4-2-3-5-14(13)12-15/h2-12H,1H3,(H-,21,22,24,25). The lowest BCUT2D eigenvalue weighted by Gasteiger charge is -2.05. The van der Waals surface area contributed by atoms with Gasteiger partial charge in [-0.15, -0.1) is 0 Å². The molecule has 7 nitrogen and oxygen atoms in total. The Kier molecular flexibility index (Phi) is 4.18. The van der Waals surface area contributed by atoms with Gasteiger partial charge in [-0.1, -0.05) is 30.3 Å². The molecule has 0 bridgehead atoms. The molecule has 0 saturated carbocycles. The highest BCUT2D eigenvalue weighted by atomic mass is 16.5. The molecule has 0 fully saturated rings. The van der Waals surface area contributed by atoms with Gasteiger partial charge in [-0.2, -0.15) is 0 Å². The Morgan fingerprint density at radius 1 is 1.07 bits per heavy atom. The van der Waals surface area contributed by atoms with Crippen molar-refractivity contribution < 1.29 is 19.0 Å². The summed E-state index contributed by atoms with van der Waals surface area (Å²) in [5.41, 5.74) is -0.00650. The SMILES string of the molecule is COc1ccc(-[n+]2[nH]oc(=O)c2C([O-])=Nc2ccc3ccccc3c2)cc1. The van der Waals surface area contributed by atoms with Crippen molar-refractivity contribution in [1.82, 2.24) is 5.27 Å². The van der Waals surface area contributed by atoms with Gasteiger partial charge in [-0.3, -0.25) is 9.52 Å². The fraction of sp³-hybridized carbons (Fsp3) is 0.0500. The van der Waals surface area contributed by atoms with Gasteiger partial charge in [0.15, 0.2) is 0 Å². The van der Waals surface area contributed by atoms with Gasteiger partial charge in [0.1, 0.15) is 5.75 Å². The third kappa shape index (κ3) is 3.18. The van der Waals surface area contributed by atoms with Crippen LogP contribution in [-0.2, 0) is 0 Å². The van der Waals surface area contributed by atoms with Gasteiger partial charge in [-0.05, 0) is 45.0 Å². The number of fused-ring (bicyclic) bond motifs is 1. The average molecular weight is 361 g/mol. The van der Waals surface area contributed by atoms with Crippen LogP contribution in [0.15, 0.2) is 81.0 Å². The minimum atomic E-state index is -0.791. The Morgan fingerprint density at radius 3 is 2.56 bits per heavy atom. The average Bonchev–Trinajstić information content (AvgIpc) is 3.09. The first kappa shape index (κ1) is 16.6. The van der Waals surface area contributed by atoms with Gasteiger partial charge in [0.25, 0.3) is 0 Å². The maximum atomic E-state index is 12.7. The first-order valence-electron chi connectivity index (χ1n) is 8.18. The van der Waals surface area contributed by atoms with Crippen molar-refractivity contribution in [3.63, 3.8) is 0 Å². The minimum absolute atomic E-state index is 0.215. The Morgan fingerprint density at radius 2 is 1.81 bits per heavy atom. The summed E-state index contributed by atoms with van der Waals surface area (Å²) in [5, 5.41) is 17.1. The summed E-state index contributed by atoms with van der Waals surface area (Å²) < 4.78 is 11.2. The van der Waals surface area contributed by atoms with Gasteiger partial charge in [-0.25, -0.2) is 4.79 Å². The maximum absolute atomic E-state index is 12.7. The zero-order valence-corrected chi connectivity index (χ0v) is 14.4. The molecular formula is C20H15N3O4. The summed E-state index contributed by atoms with van der Waals surface area (Å²) in [4.78, 5) is 16.1. The number of H-pyrrole nitrogens is 1. The van der Waals surface area contributed by atoms with Gasteiger partial charge in [0, 0.05) is 12.1 Å². The fourth-order valence-electron chi connectivity index (χ4n) is 2.78. The molecule has 0 saturated heterocycles. The molecule has 0 aliphatic rings. The summed E-state index contributed by atoms with van der Waals surface area (Å²) in [5.74, 6) is -0.0463. The van der Waals surface area contributed by atoms with E-state index in [9.17, 15) is 9.90 Å². The van der Waals surface area contributed by atoms with E-state index in [1.165, 1.54) is 4.68 Å². The second-order valence-electron chi connectivity index (χ2n) is 5.81. The number of ether oxygens (including phenoxy) is 1. The van der Waals surface area contributed by atoms with Crippen LogP contribution in [0.3, 0.4) is 0 Å². The molecule has 1 aromatic heterocycles. The van der Waals surface area contributed by atoms with Crippen molar-refractivity contribution >= 4 is 22.4 Å². The molecule has 0 unspecified atom stereocenters. The third-order valence-corrected chi connectivity index (χ3v) is 4.14. The molecule has 0 radical (unpaired) electrons. The van der Waals surface area contributed by atoms with Crippen LogP contribution in [0, 0.1) is 0 Å². The zero-order chi connectivity index (χ0) is 18.8. The predicted molar refractivity (Wildman–Crippen MR) is 97.6 cm³/mol. The molecule has 134 valence electrons. The summed E-state index contributed by atoms with van der Waals surface area (Å²) in [7, 11) is 1.55. The first-order valence-corrected chi connectivity index (χ1v) is 8.18. The van der Waals surface area contributed by atoms with E-state index in [1.54, 1.807) is 43.5 Å². The summed E-state index contributed by atoms with van der Waals surface area (Å²) in [6.45, 7) is 0. The summed E-state index contributed by atoms with van der Waals surface area (Å²) in [6.07, 6.45) is 0. The van der Waals surface area contributed by atoms with Gasteiger partial charge in [0.2, 0.25) is 5.69 Å². The second-order valence-corrected chi connectivity index (χ2v) is 5.81. The number of nitrogens with zero attached hydrogens (tertiary/aromatic N) is 2. The van der Waals surface area contributed by atoms with Crippen LogP contribution in [0.4, 0.5) is 5.69 Å². The highest BCUT2D eigenvalue weighted by Gasteiger charge is 2.23.